The number of hydrogen-bond donors (Lipinski definition) is 2. The Bertz CT molecular complexity index is 536. The monoisotopic (exact) mass is 286 g/mol. The molecule has 114 valence electrons. The maximum Gasteiger partial charge on any atom is 0.189 e. The summed E-state index contributed by atoms with van der Waals surface area (Å²) in [5.74, 6) is -1.08. The van der Waals surface area contributed by atoms with E-state index >= 15 is 0 Å². The van der Waals surface area contributed by atoms with Crippen LogP contribution in [-0.2, 0) is 0 Å². The third kappa shape index (κ3) is 2.67. The van der Waals surface area contributed by atoms with Crippen LogP contribution in [0.3, 0.4) is 0 Å². The molecule has 2 saturated carbocycles. The number of allylic oxidation sites excluding steroid dienone is 5. The zero-order chi connectivity index (χ0) is 15.1. The predicted octanol–water partition coefficient (Wildman–Crippen LogP) is 4.03. The van der Waals surface area contributed by atoms with Gasteiger partial charge in [0.05, 0.1) is 0 Å². The first-order valence-corrected chi connectivity index (χ1v) is 8.14. The molecule has 0 heterocycles. The molecule has 0 saturated heterocycles. The van der Waals surface area contributed by atoms with E-state index in [0.717, 1.165) is 24.8 Å². The van der Waals surface area contributed by atoms with Crippen molar-refractivity contribution >= 4 is 0 Å². The molecule has 0 aliphatic heterocycles. The molecule has 0 aromatic heterocycles. The topological polar surface area (TPSA) is 40.5 Å². The molecule has 0 spiro atoms. The lowest BCUT2D eigenvalue weighted by Gasteiger charge is -2.37. The molecule has 2 atom stereocenters. The SMILES string of the molecule is C=C1/C(=C\C=C2/CCC[C@]3(C)C=CC[C@@H]23)CCCC1(O)O. The normalized spacial score (nSPS) is 39.0. The van der Waals surface area contributed by atoms with Crippen LogP contribution in [0.15, 0.2) is 47.6 Å². The first-order valence-electron chi connectivity index (χ1n) is 8.14. The van der Waals surface area contributed by atoms with Gasteiger partial charge in [0.2, 0.25) is 0 Å². The molecule has 0 radical (unpaired) electrons. The first kappa shape index (κ1) is 14.8. The number of hydrogen-bond acceptors (Lipinski definition) is 2. The Balaban J connectivity index is 1.82. The van der Waals surface area contributed by atoms with Crippen LogP contribution >= 0.6 is 0 Å². The van der Waals surface area contributed by atoms with Gasteiger partial charge in [-0.05, 0) is 55.4 Å². The highest BCUT2D eigenvalue weighted by atomic mass is 16.5. The Kier molecular flexibility index (Phi) is 3.71. The van der Waals surface area contributed by atoms with Crippen molar-refractivity contribution in [1.29, 1.82) is 0 Å². The van der Waals surface area contributed by atoms with Crippen molar-refractivity contribution in [3.63, 3.8) is 0 Å². The molecule has 0 aromatic carbocycles. The van der Waals surface area contributed by atoms with Crippen molar-refractivity contribution in [2.75, 3.05) is 0 Å². The van der Waals surface area contributed by atoms with E-state index in [0.29, 0.717) is 23.3 Å². The average molecular weight is 286 g/mol. The maximum absolute atomic E-state index is 9.93. The Hall–Kier alpha value is -1.12. The minimum Gasteiger partial charge on any atom is -0.362 e. The minimum absolute atomic E-state index is 0.337. The van der Waals surface area contributed by atoms with Crippen LogP contribution < -0.4 is 0 Å². The lowest BCUT2D eigenvalue weighted by molar-refractivity contribution is -0.136. The summed E-state index contributed by atoms with van der Waals surface area (Å²) in [5.41, 5.74) is 3.33. The van der Waals surface area contributed by atoms with E-state index in [2.05, 4.69) is 37.8 Å². The van der Waals surface area contributed by atoms with Gasteiger partial charge in [-0.15, -0.1) is 0 Å². The van der Waals surface area contributed by atoms with Crippen molar-refractivity contribution in [3.8, 4) is 0 Å². The lowest BCUT2D eigenvalue weighted by atomic mass is 9.67. The smallest absolute Gasteiger partial charge is 0.189 e. The van der Waals surface area contributed by atoms with E-state index in [4.69, 9.17) is 0 Å². The molecule has 2 heteroatoms. The van der Waals surface area contributed by atoms with Crippen LogP contribution in [0.4, 0.5) is 0 Å². The van der Waals surface area contributed by atoms with Gasteiger partial charge in [0.25, 0.3) is 0 Å². The van der Waals surface area contributed by atoms with Crippen molar-refractivity contribution < 1.29 is 10.2 Å². The molecule has 21 heavy (non-hydrogen) atoms. The Morgan fingerprint density at radius 3 is 2.76 bits per heavy atom. The van der Waals surface area contributed by atoms with Gasteiger partial charge in [-0.2, -0.15) is 0 Å². The molecular formula is C19H26O2. The summed E-state index contributed by atoms with van der Waals surface area (Å²) in [5, 5.41) is 19.9. The fourth-order valence-electron chi connectivity index (χ4n) is 4.21. The highest BCUT2D eigenvalue weighted by Crippen LogP contribution is 2.50. The van der Waals surface area contributed by atoms with Crippen LogP contribution in [0.25, 0.3) is 0 Å². The summed E-state index contributed by atoms with van der Waals surface area (Å²) in [6.07, 6.45) is 16.0. The van der Waals surface area contributed by atoms with Gasteiger partial charge in [0, 0.05) is 12.0 Å². The number of fused-ring (bicyclic) bond motifs is 1. The third-order valence-electron chi connectivity index (χ3n) is 5.64. The standard InChI is InChI=1S/C19H26O2/c1-14-15(6-4-13-19(14,20)21)9-10-16-7-3-11-18(2)12-5-8-17(16)18/h5,9-10,12,17,20-21H,1,3-4,6-8,11,13H2,2H3/b15-9-,16-10+/t17-,18+/m0/s1. The summed E-state index contributed by atoms with van der Waals surface area (Å²) >= 11 is 0. The predicted molar refractivity (Wildman–Crippen MR) is 85.5 cm³/mol. The fourth-order valence-corrected chi connectivity index (χ4v) is 4.21. The van der Waals surface area contributed by atoms with Crippen LogP contribution in [0.2, 0.25) is 0 Å². The van der Waals surface area contributed by atoms with Crippen molar-refractivity contribution in [1.82, 2.24) is 0 Å². The molecule has 2 N–H and O–H groups in total. The Morgan fingerprint density at radius 1 is 1.19 bits per heavy atom. The lowest BCUT2D eigenvalue weighted by Crippen LogP contribution is -2.34. The largest absolute Gasteiger partial charge is 0.362 e. The van der Waals surface area contributed by atoms with Crippen LogP contribution in [-0.4, -0.2) is 16.0 Å². The van der Waals surface area contributed by atoms with Gasteiger partial charge in [-0.25, -0.2) is 0 Å². The molecule has 3 aliphatic carbocycles. The zero-order valence-corrected chi connectivity index (χ0v) is 12.9. The summed E-state index contributed by atoms with van der Waals surface area (Å²) in [6, 6.07) is 0. The first-order chi connectivity index (χ1) is 9.92. The number of aliphatic hydroxyl groups is 2. The third-order valence-corrected chi connectivity index (χ3v) is 5.64. The highest BCUT2D eigenvalue weighted by molar-refractivity contribution is 5.39. The highest BCUT2D eigenvalue weighted by Gasteiger charge is 2.39. The molecule has 0 aromatic rings. The maximum atomic E-state index is 9.93. The van der Waals surface area contributed by atoms with E-state index in [1.165, 1.54) is 24.8 Å². The second-order valence-electron chi connectivity index (χ2n) is 7.13. The van der Waals surface area contributed by atoms with Crippen molar-refractivity contribution in [2.24, 2.45) is 11.3 Å². The van der Waals surface area contributed by atoms with Gasteiger partial charge >= 0.3 is 0 Å². The fraction of sp³-hybridized carbons (Fsp3) is 0.579. The number of rotatable bonds is 1. The van der Waals surface area contributed by atoms with E-state index < -0.39 is 5.79 Å². The van der Waals surface area contributed by atoms with Gasteiger partial charge in [-0.3, -0.25) is 0 Å². The second kappa shape index (κ2) is 5.26. The van der Waals surface area contributed by atoms with E-state index in [-0.39, 0.29) is 0 Å². The molecule has 0 amide bonds. The van der Waals surface area contributed by atoms with Crippen LogP contribution in [0, 0.1) is 11.3 Å². The molecule has 3 aliphatic rings. The van der Waals surface area contributed by atoms with Crippen LogP contribution in [0.5, 0.6) is 0 Å². The minimum atomic E-state index is -1.71. The zero-order valence-electron chi connectivity index (χ0n) is 12.9. The molecule has 2 fully saturated rings. The molecule has 0 unspecified atom stereocenters. The molecule has 3 rings (SSSR count). The second-order valence-corrected chi connectivity index (χ2v) is 7.13. The van der Waals surface area contributed by atoms with E-state index in [1.54, 1.807) is 0 Å². The Labute approximate surface area is 127 Å². The summed E-state index contributed by atoms with van der Waals surface area (Å²) < 4.78 is 0. The van der Waals surface area contributed by atoms with Gasteiger partial charge in [0.15, 0.2) is 5.79 Å². The molecular weight excluding hydrogens is 260 g/mol. The van der Waals surface area contributed by atoms with Crippen molar-refractivity contribution in [2.45, 2.75) is 57.7 Å². The summed E-state index contributed by atoms with van der Waals surface area (Å²) in [6.45, 7) is 6.25. The molecule has 0 bridgehead atoms. The summed E-state index contributed by atoms with van der Waals surface area (Å²) in [4.78, 5) is 0. The quantitative estimate of drug-likeness (QED) is 0.564. The summed E-state index contributed by atoms with van der Waals surface area (Å²) in [7, 11) is 0. The van der Waals surface area contributed by atoms with Crippen LogP contribution in [0.1, 0.15) is 51.9 Å². The van der Waals surface area contributed by atoms with Gasteiger partial charge in [-0.1, -0.05) is 43.4 Å². The average Bonchev–Trinajstić information content (AvgIpc) is 2.82. The van der Waals surface area contributed by atoms with E-state index in [9.17, 15) is 10.2 Å². The molecule has 2 nitrogen and oxygen atoms in total. The van der Waals surface area contributed by atoms with Gasteiger partial charge in [0.1, 0.15) is 0 Å². The van der Waals surface area contributed by atoms with Crippen molar-refractivity contribution in [3.05, 3.63) is 47.6 Å². The Morgan fingerprint density at radius 2 is 1.95 bits per heavy atom. The van der Waals surface area contributed by atoms with Gasteiger partial charge < -0.3 is 10.2 Å². The van der Waals surface area contributed by atoms with E-state index in [1.807, 2.05) is 0 Å².